The number of aromatic amines is 1. The molecule has 1 heterocycles. The monoisotopic (exact) mass is 229 g/mol. The van der Waals surface area contributed by atoms with E-state index in [9.17, 15) is 4.79 Å². The van der Waals surface area contributed by atoms with Gasteiger partial charge in [-0.3, -0.25) is 4.79 Å². The molecule has 2 aromatic rings. The Bertz CT molecular complexity index is 558. The molecule has 2 rings (SSSR count). The summed E-state index contributed by atoms with van der Waals surface area (Å²) in [5.74, 6) is 0.808. The van der Waals surface area contributed by atoms with E-state index < -0.39 is 0 Å². The highest BCUT2D eigenvalue weighted by atomic mass is 16.5. The molecule has 88 valence electrons. The van der Waals surface area contributed by atoms with Crippen LogP contribution in [0.2, 0.25) is 0 Å². The topological polar surface area (TPSA) is 42.1 Å². The Morgan fingerprint density at radius 3 is 2.71 bits per heavy atom. The fraction of sp³-hybridized carbons (Fsp3) is 0.214. The molecule has 17 heavy (non-hydrogen) atoms. The average Bonchev–Trinajstić information content (AvgIpc) is 2.28. The van der Waals surface area contributed by atoms with Gasteiger partial charge >= 0.3 is 0 Å². The predicted octanol–water partition coefficient (Wildman–Crippen LogP) is 2.83. The van der Waals surface area contributed by atoms with Gasteiger partial charge in [0.25, 0.3) is 0 Å². The van der Waals surface area contributed by atoms with Crippen molar-refractivity contribution >= 4 is 0 Å². The van der Waals surface area contributed by atoms with Crippen LogP contribution >= 0.6 is 0 Å². The van der Waals surface area contributed by atoms with Crippen LogP contribution in [0.4, 0.5) is 0 Å². The van der Waals surface area contributed by atoms with Crippen molar-refractivity contribution in [2.75, 3.05) is 0 Å². The number of aromatic nitrogens is 1. The molecule has 0 aliphatic carbocycles. The van der Waals surface area contributed by atoms with E-state index >= 15 is 0 Å². The van der Waals surface area contributed by atoms with E-state index in [0.29, 0.717) is 0 Å². The van der Waals surface area contributed by atoms with Crippen molar-refractivity contribution in [2.24, 2.45) is 0 Å². The van der Waals surface area contributed by atoms with Gasteiger partial charge < -0.3 is 9.72 Å². The van der Waals surface area contributed by atoms with Gasteiger partial charge in [0.05, 0.1) is 6.10 Å². The van der Waals surface area contributed by atoms with Crippen LogP contribution in [0.3, 0.4) is 0 Å². The lowest BCUT2D eigenvalue weighted by Crippen LogP contribution is -2.05. The van der Waals surface area contributed by atoms with Gasteiger partial charge in [-0.25, -0.2) is 0 Å². The number of hydrogen-bond donors (Lipinski definition) is 1. The highest BCUT2D eigenvalue weighted by Crippen LogP contribution is 2.21. The molecular weight excluding hydrogens is 214 g/mol. The van der Waals surface area contributed by atoms with Gasteiger partial charge in [0.2, 0.25) is 0 Å². The molecular formula is C14H15NO2. The molecule has 0 unspecified atom stereocenters. The largest absolute Gasteiger partial charge is 0.491 e. The lowest BCUT2D eigenvalue weighted by atomic mass is 10.1. The molecule has 3 heteroatoms. The van der Waals surface area contributed by atoms with E-state index in [2.05, 4.69) is 4.98 Å². The molecule has 0 fully saturated rings. The Labute approximate surface area is 100 Å². The van der Waals surface area contributed by atoms with E-state index in [1.54, 1.807) is 12.3 Å². The fourth-order valence-corrected chi connectivity index (χ4v) is 1.62. The van der Waals surface area contributed by atoms with E-state index in [1.807, 2.05) is 38.1 Å². The Morgan fingerprint density at radius 2 is 2.00 bits per heavy atom. The smallest absolute Gasteiger partial charge is 0.182 e. The molecule has 0 atom stereocenters. The van der Waals surface area contributed by atoms with Crippen molar-refractivity contribution in [3.05, 3.63) is 52.8 Å². The van der Waals surface area contributed by atoms with Crippen molar-refractivity contribution in [1.29, 1.82) is 0 Å². The molecule has 1 aromatic carbocycles. The first-order valence-corrected chi connectivity index (χ1v) is 5.61. The third-order valence-corrected chi connectivity index (χ3v) is 2.29. The zero-order chi connectivity index (χ0) is 12.3. The van der Waals surface area contributed by atoms with Crippen LogP contribution in [0.5, 0.6) is 5.75 Å². The molecule has 0 aliphatic rings. The summed E-state index contributed by atoms with van der Waals surface area (Å²) in [5, 5.41) is 0. The summed E-state index contributed by atoms with van der Waals surface area (Å²) in [7, 11) is 0. The highest BCUT2D eigenvalue weighted by Gasteiger charge is 2.02. The first kappa shape index (κ1) is 11.5. The molecule has 1 aromatic heterocycles. The van der Waals surface area contributed by atoms with Crippen LogP contribution in [0.15, 0.2) is 47.4 Å². The van der Waals surface area contributed by atoms with Crippen LogP contribution in [-0.2, 0) is 0 Å². The van der Waals surface area contributed by atoms with Gasteiger partial charge in [0.15, 0.2) is 5.43 Å². The first-order chi connectivity index (χ1) is 8.15. The lowest BCUT2D eigenvalue weighted by molar-refractivity contribution is 0.242. The Balaban J connectivity index is 2.36. The minimum absolute atomic E-state index is 0.00562. The maximum Gasteiger partial charge on any atom is 0.182 e. The molecule has 0 aliphatic heterocycles. The Hall–Kier alpha value is -2.03. The Kier molecular flexibility index (Phi) is 3.28. The predicted molar refractivity (Wildman–Crippen MR) is 68.3 cm³/mol. The molecule has 1 N–H and O–H groups in total. The molecule has 0 saturated carbocycles. The van der Waals surface area contributed by atoms with Gasteiger partial charge in [-0.1, -0.05) is 12.1 Å². The molecule has 0 spiro atoms. The zero-order valence-electron chi connectivity index (χ0n) is 9.94. The quantitative estimate of drug-likeness (QED) is 0.879. The van der Waals surface area contributed by atoms with Gasteiger partial charge in [0.1, 0.15) is 5.75 Å². The summed E-state index contributed by atoms with van der Waals surface area (Å²) >= 11 is 0. The second-order valence-electron chi connectivity index (χ2n) is 4.13. The van der Waals surface area contributed by atoms with Crippen molar-refractivity contribution < 1.29 is 4.74 Å². The molecule has 0 saturated heterocycles. The van der Waals surface area contributed by atoms with E-state index in [0.717, 1.165) is 17.0 Å². The molecule has 3 nitrogen and oxygen atoms in total. The minimum atomic E-state index is -0.00562. The maximum atomic E-state index is 11.3. The van der Waals surface area contributed by atoms with Gasteiger partial charge in [0, 0.05) is 29.6 Å². The number of rotatable bonds is 3. The van der Waals surface area contributed by atoms with Crippen LogP contribution < -0.4 is 10.2 Å². The van der Waals surface area contributed by atoms with E-state index in [4.69, 9.17) is 4.74 Å². The summed E-state index contributed by atoms with van der Waals surface area (Å²) in [4.78, 5) is 14.3. The average molecular weight is 229 g/mol. The van der Waals surface area contributed by atoms with Crippen LogP contribution in [0, 0.1) is 0 Å². The van der Waals surface area contributed by atoms with Gasteiger partial charge in [-0.05, 0) is 26.0 Å². The summed E-state index contributed by atoms with van der Waals surface area (Å²) in [6.07, 6.45) is 1.79. The van der Waals surface area contributed by atoms with Crippen LogP contribution in [0.1, 0.15) is 13.8 Å². The van der Waals surface area contributed by atoms with Crippen molar-refractivity contribution in [1.82, 2.24) is 4.98 Å². The lowest BCUT2D eigenvalue weighted by Gasteiger charge is -2.10. The van der Waals surface area contributed by atoms with Crippen LogP contribution in [0.25, 0.3) is 11.3 Å². The summed E-state index contributed by atoms with van der Waals surface area (Å²) in [6.45, 7) is 3.97. The van der Waals surface area contributed by atoms with Gasteiger partial charge in [-0.2, -0.15) is 0 Å². The van der Waals surface area contributed by atoms with E-state index in [-0.39, 0.29) is 11.5 Å². The third-order valence-electron chi connectivity index (χ3n) is 2.29. The number of hydrogen-bond acceptors (Lipinski definition) is 2. The number of H-pyrrole nitrogens is 1. The van der Waals surface area contributed by atoms with E-state index in [1.165, 1.54) is 6.07 Å². The van der Waals surface area contributed by atoms with Crippen LogP contribution in [-0.4, -0.2) is 11.1 Å². The molecule has 0 bridgehead atoms. The summed E-state index contributed by atoms with van der Waals surface area (Å²) < 4.78 is 5.61. The highest BCUT2D eigenvalue weighted by molar-refractivity contribution is 5.60. The van der Waals surface area contributed by atoms with Crippen molar-refractivity contribution in [3.63, 3.8) is 0 Å². The SMILES string of the molecule is CC(C)Oc1cccc(-c2cc(=O)cc[nH]2)c1. The number of benzene rings is 1. The zero-order valence-corrected chi connectivity index (χ0v) is 9.94. The van der Waals surface area contributed by atoms with Crippen molar-refractivity contribution in [2.45, 2.75) is 20.0 Å². The second kappa shape index (κ2) is 4.87. The number of pyridine rings is 1. The maximum absolute atomic E-state index is 11.3. The molecule has 0 radical (unpaired) electrons. The molecule has 0 amide bonds. The second-order valence-corrected chi connectivity index (χ2v) is 4.13. The Morgan fingerprint density at radius 1 is 1.18 bits per heavy atom. The number of ether oxygens (including phenoxy) is 1. The summed E-state index contributed by atoms with van der Waals surface area (Å²) in [5.41, 5.74) is 1.74. The third kappa shape index (κ3) is 2.97. The standard InChI is InChI=1S/C14H15NO2/c1-10(2)17-13-5-3-4-11(8-13)14-9-12(16)6-7-15-14/h3-10H,1-2H3,(H,15,16). The summed E-state index contributed by atoms with van der Waals surface area (Å²) in [6, 6.07) is 10.8. The fourth-order valence-electron chi connectivity index (χ4n) is 1.62. The van der Waals surface area contributed by atoms with Crippen molar-refractivity contribution in [3.8, 4) is 17.0 Å². The number of nitrogens with one attached hydrogen (secondary N) is 1. The van der Waals surface area contributed by atoms with Gasteiger partial charge in [-0.15, -0.1) is 0 Å². The normalized spacial score (nSPS) is 10.5. The first-order valence-electron chi connectivity index (χ1n) is 5.61. The minimum Gasteiger partial charge on any atom is -0.491 e.